The maximum atomic E-state index is 11.6. The molecule has 0 spiro atoms. The fraction of sp³-hybridized carbons (Fsp3) is 0.500. The lowest BCUT2D eigenvalue weighted by molar-refractivity contribution is -0.128. The minimum Gasteiger partial charge on any atom is -0.341 e. The number of aromatic nitrogens is 1. The first kappa shape index (κ1) is 9.12. The highest BCUT2D eigenvalue weighted by Crippen LogP contribution is 2.06. The van der Waals surface area contributed by atoms with Gasteiger partial charge >= 0.3 is 0 Å². The molecule has 2 rings (SSSR count). The average Bonchev–Trinajstić information content (AvgIpc) is 2.87. The summed E-state index contributed by atoms with van der Waals surface area (Å²) in [7, 11) is 0. The Hall–Kier alpha value is -1.45. The monoisotopic (exact) mass is 193 g/mol. The predicted octanol–water partition coefficient (Wildman–Crippen LogP) is 0.654. The molecular weight excluding hydrogens is 178 g/mol. The fourth-order valence-electron chi connectivity index (χ4n) is 1.68. The highest BCUT2D eigenvalue weighted by molar-refractivity contribution is 5.79. The van der Waals surface area contributed by atoms with Crippen molar-refractivity contribution in [2.75, 3.05) is 25.1 Å². The van der Waals surface area contributed by atoms with E-state index in [0.717, 1.165) is 25.9 Å². The van der Waals surface area contributed by atoms with Crippen molar-refractivity contribution < 1.29 is 4.79 Å². The molecule has 0 unspecified atom stereocenters. The van der Waals surface area contributed by atoms with Gasteiger partial charge < -0.3 is 10.3 Å². The quantitative estimate of drug-likeness (QED) is 0.765. The summed E-state index contributed by atoms with van der Waals surface area (Å²) < 4.78 is 1.80. The summed E-state index contributed by atoms with van der Waals surface area (Å²) in [4.78, 5) is 13.5. The zero-order valence-electron chi connectivity index (χ0n) is 8.15. The maximum absolute atomic E-state index is 11.6. The number of hydrogen-bond acceptors (Lipinski definition) is 2. The molecule has 76 valence electrons. The smallest absolute Gasteiger partial charge is 0.243 e. The van der Waals surface area contributed by atoms with Gasteiger partial charge in [0, 0.05) is 25.5 Å². The number of rotatable bonds is 3. The summed E-state index contributed by atoms with van der Waals surface area (Å²) in [5.41, 5.74) is 3.03. The first-order valence-corrected chi connectivity index (χ1v) is 5.01. The van der Waals surface area contributed by atoms with Gasteiger partial charge in [0.05, 0.1) is 0 Å². The molecule has 1 N–H and O–H groups in total. The molecule has 1 aromatic heterocycles. The van der Waals surface area contributed by atoms with Gasteiger partial charge in [0.1, 0.15) is 6.54 Å². The van der Waals surface area contributed by atoms with E-state index in [9.17, 15) is 4.79 Å². The van der Waals surface area contributed by atoms with Gasteiger partial charge in [-0.1, -0.05) is 0 Å². The van der Waals surface area contributed by atoms with Crippen molar-refractivity contribution in [3.05, 3.63) is 24.5 Å². The van der Waals surface area contributed by atoms with Crippen LogP contribution in [0.2, 0.25) is 0 Å². The van der Waals surface area contributed by atoms with E-state index in [2.05, 4.69) is 5.43 Å². The minimum atomic E-state index is 0.191. The second kappa shape index (κ2) is 4.17. The summed E-state index contributed by atoms with van der Waals surface area (Å²) in [6.07, 6.45) is 6.07. The van der Waals surface area contributed by atoms with Gasteiger partial charge in [0.25, 0.3) is 0 Å². The summed E-state index contributed by atoms with van der Waals surface area (Å²) in [5, 5.41) is 0. The maximum Gasteiger partial charge on any atom is 0.243 e. The largest absolute Gasteiger partial charge is 0.341 e. The molecule has 1 aliphatic heterocycles. The molecule has 1 saturated heterocycles. The topological polar surface area (TPSA) is 37.3 Å². The van der Waals surface area contributed by atoms with Crippen LogP contribution in [-0.2, 0) is 4.79 Å². The standard InChI is InChI=1S/C10H15N3O/c14-10(12-5-1-2-6-12)9-11-13-7-3-4-8-13/h3-4,7-8,11H,1-2,5-6,9H2. The van der Waals surface area contributed by atoms with Crippen molar-refractivity contribution in [2.24, 2.45) is 0 Å². The minimum absolute atomic E-state index is 0.191. The van der Waals surface area contributed by atoms with E-state index in [1.807, 2.05) is 29.4 Å². The van der Waals surface area contributed by atoms with Crippen LogP contribution in [0.4, 0.5) is 0 Å². The molecule has 2 heterocycles. The Morgan fingerprint density at radius 3 is 2.50 bits per heavy atom. The fourth-order valence-corrected chi connectivity index (χ4v) is 1.68. The third kappa shape index (κ3) is 2.07. The van der Waals surface area contributed by atoms with Crippen LogP contribution in [0.1, 0.15) is 12.8 Å². The number of nitrogens with zero attached hydrogens (tertiary/aromatic N) is 2. The zero-order valence-corrected chi connectivity index (χ0v) is 8.15. The number of nitrogens with one attached hydrogen (secondary N) is 1. The van der Waals surface area contributed by atoms with E-state index in [0.29, 0.717) is 6.54 Å². The number of amides is 1. The molecule has 14 heavy (non-hydrogen) atoms. The lowest BCUT2D eigenvalue weighted by Gasteiger charge is -2.16. The molecule has 0 saturated carbocycles. The molecule has 0 atom stereocenters. The van der Waals surface area contributed by atoms with Crippen molar-refractivity contribution >= 4 is 5.91 Å². The van der Waals surface area contributed by atoms with Crippen LogP contribution in [0.25, 0.3) is 0 Å². The van der Waals surface area contributed by atoms with Crippen molar-refractivity contribution in [1.82, 2.24) is 9.58 Å². The SMILES string of the molecule is O=C(CNn1cccc1)N1CCCC1. The van der Waals surface area contributed by atoms with E-state index >= 15 is 0 Å². The van der Waals surface area contributed by atoms with Gasteiger partial charge in [-0.3, -0.25) is 9.47 Å². The zero-order chi connectivity index (χ0) is 9.80. The Balaban J connectivity index is 1.77. The predicted molar refractivity (Wildman–Crippen MR) is 54.5 cm³/mol. The Morgan fingerprint density at radius 2 is 1.86 bits per heavy atom. The van der Waals surface area contributed by atoms with E-state index in [-0.39, 0.29) is 5.91 Å². The molecule has 0 bridgehead atoms. The number of carbonyl (C=O) groups is 1. The van der Waals surface area contributed by atoms with E-state index in [4.69, 9.17) is 0 Å². The molecule has 1 aliphatic rings. The van der Waals surface area contributed by atoms with Crippen molar-refractivity contribution in [3.63, 3.8) is 0 Å². The Morgan fingerprint density at radius 1 is 1.21 bits per heavy atom. The molecule has 0 aliphatic carbocycles. The first-order chi connectivity index (χ1) is 6.86. The van der Waals surface area contributed by atoms with Crippen LogP contribution in [-0.4, -0.2) is 35.1 Å². The molecule has 1 fully saturated rings. The van der Waals surface area contributed by atoms with Crippen LogP contribution < -0.4 is 5.43 Å². The summed E-state index contributed by atoms with van der Waals surface area (Å²) in [6.45, 7) is 2.23. The normalized spacial score (nSPS) is 15.9. The van der Waals surface area contributed by atoms with Gasteiger partial charge in [0.15, 0.2) is 0 Å². The molecular formula is C10H15N3O. The molecule has 0 radical (unpaired) electrons. The van der Waals surface area contributed by atoms with Crippen molar-refractivity contribution in [3.8, 4) is 0 Å². The summed E-state index contributed by atoms with van der Waals surface area (Å²) in [6, 6.07) is 3.85. The first-order valence-electron chi connectivity index (χ1n) is 5.01. The Bertz CT molecular complexity index is 288. The summed E-state index contributed by atoms with van der Waals surface area (Å²) in [5.74, 6) is 0.191. The van der Waals surface area contributed by atoms with Gasteiger partial charge in [-0.15, -0.1) is 0 Å². The van der Waals surface area contributed by atoms with Crippen LogP contribution in [0.3, 0.4) is 0 Å². The third-order valence-electron chi connectivity index (χ3n) is 2.48. The lowest BCUT2D eigenvalue weighted by Crippen LogP contribution is -2.35. The van der Waals surface area contributed by atoms with Gasteiger partial charge in [-0.25, -0.2) is 0 Å². The Kier molecular flexibility index (Phi) is 2.72. The van der Waals surface area contributed by atoms with Gasteiger partial charge in [0.2, 0.25) is 5.91 Å². The van der Waals surface area contributed by atoms with Crippen LogP contribution in [0, 0.1) is 0 Å². The van der Waals surface area contributed by atoms with Gasteiger partial charge in [-0.2, -0.15) is 0 Å². The van der Waals surface area contributed by atoms with Crippen molar-refractivity contribution in [1.29, 1.82) is 0 Å². The molecule has 0 aromatic carbocycles. The molecule has 4 heteroatoms. The summed E-state index contributed by atoms with van der Waals surface area (Å²) >= 11 is 0. The average molecular weight is 193 g/mol. The molecule has 1 aromatic rings. The highest BCUT2D eigenvalue weighted by Gasteiger charge is 2.16. The molecule has 4 nitrogen and oxygen atoms in total. The third-order valence-corrected chi connectivity index (χ3v) is 2.48. The van der Waals surface area contributed by atoms with E-state index in [1.54, 1.807) is 4.68 Å². The van der Waals surface area contributed by atoms with Crippen LogP contribution >= 0.6 is 0 Å². The van der Waals surface area contributed by atoms with Crippen LogP contribution in [0.5, 0.6) is 0 Å². The number of hydrogen-bond donors (Lipinski definition) is 1. The second-order valence-corrected chi connectivity index (χ2v) is 3.51. The van der Waals surface area contributed by atoms with Crippen molar-refractivity contribution in [2.45, 2.75) is 12.8 Å². The van der Waals surface area contributed by atoms with E-state index < -0.39 is 0 Å². The second-order valence-electron chi connectivity index (χ2n) is 3.51. The molecule has 1 amide bonds. The Labute approximate surface area is 83.5 Å². The number of likely N-dealkylation sites (tertiary alicyclic amines) is 1. The van der Waals surface area contributed by atoms with Crippen LogP contribution in [0.15, 0.2) is 24.5 Å². The lowest BCUT2D eigenvalue weighted by atomic mass is 10.4. The highest BCUT2D eigenvalue weighted by atomic mass is 16.2. The van der Waals surface area contributed by atoms with E-state index in [1.165, 1.54) is 0 Å². The number of carbonyl (C=O) groups excluding carboxylic acids is 1. The van der Waals surface area contributed by atoms with Gasteiger partial charge in [-0.05, 0) is 25.0 Å².